The lowest BCUT2D eigenvalue weighted by atomic mass is 10.1. The normalized spacial score (nSPS) is 14.0. The second kappa shape index (κ2) is 7.52. The van der Waals surface area contributed by atoms with Gasteiger partial charge in [0.1, 0.15) is 22.9 Å². The fraction of sp³-hybridized carbons (Fsp3) is 0. The van der Waals surface area contributed by atoms with Gasteiger partial charge < -0.3 is 13.9 Å². The lowest BCUT2D eigenvalue weighted by molar-refractivity contribution is 0.0703. The maximum atomic E-state index is 13.4. The molecule has 31 heavy (non-hydrogen) atoms. The molecular weight excluding hydrogens is 467 g/mol. The first-order valence-corrected chi connectivity index (χ1v) is 10.0. The minimum Gasteiger partial charge on any atom is -0.452 e. The van der Waals surface area contributed by atoms with Crippen molar-refractivity contribution in [1.29, 1.82) is 0 Å². The Bertz CT molecular complexity index is 1400. The number of allylic oxidation sites excluding steroid dienone is 1. The number of esters is 1. The van der Waals surface area contributed by atoms with Gasteiger partial charge >= 0.3 is 5.97 Å². The Hall–Kier alpha value is -3.71. The van der Waals surface area contributed by atoms with Crippen molar-refractivity contribution in [1.82, 2.24) is 0 Å². The molecule has 0 N–H and O–H groups in total. The molecule has 7 heteroatoms. The zero-order valence-corrected chi connectivity index (χ0v) is 17.3. The van der Waals surface area contributed by atoms with E-state index < -0.39 is 11.8 Å². The molecule has 152 valence electrons. The van der Waals surface area contributed by atoms with Crippen LogP contribution in [0, 0.1) is 5.82 Å². The zero-order valence-electron chi connectivity index (χ0n) is 15.7. The average molecular weight is 479 g/mol. The number of hydrogen-bond acceptors (Lipinski definition) is 5. The molecule has 0 fully saturated rings. The van der Waals surface area contributed by atoms with Crippen molar-refractivity contribution < 1.29 is 27.9 Å². The summed E-state index contributed by atoms with van der Waals surface area (Å²) < 4.78 is 30.8. The summed E-state index contributed by atoms with van der Waals surface area (Å²) in [5, 5.41) is 0.760. The average Bonchev–Trinajstić information content (AvgIpc) is 3.29. The first-order valence-electron chi connectivity index (χ1n) is 9.21. The summed E-state index contributed by atoms with van der Waals surface area (Å²) in [5.41, 5.74) is 1.39. The lowest BCUT2D eigenvalue weighted by Crippen LogP contribution is -2.07. The van der Waals surface area contributed by atoms with Crippen LogP contribution >= 0.6 is 15.9 Å². The van der Waals surface area contributed by atoms with Crippen molar-refractivity contribution in [3.63, 3.8) is 0 Å². The van der Waals surface area contributed by atoms with Crippen LogP contribution in [0.1, 0.15) is 26.5 Å². The highest BCUT2D eigenvalue weighted by Gasteiger charge is 2.28. The largest absolute Gasteiger partial charge is 0.452 e. The van der Waals surface area contributed by atoms with Gasteiger partial charge in [0.25, 0.3) is 0 Å². The molecule has 0 unspecified atom stereocenters. The molecule has 3 aromatic carbocycles. The van der Waals surface area contributed by atoms with Gasteiger partial charge in [0.2, 0.25) is 11.5 Å². The Labute approximate surface area is 183 Å². The maximum Gasteiger partial charge on any atom is 0.379 e. The molecule has 5 nitrogen and oxygen atoms in total. The quantitative estimate of drug-likeness (QED) is 0.200. The van der Waals surface area contributed by atoms with Gasteiger partial charge in [-0.25, -0.2) is 9.18 Å². The summed E-state index contributed by atoms with van der Waals surface area (Å²) in [6.07, 6.45) is 1.46. The van der Waals surface area contributed by atoms with Crippen molar-refractivity contribution in [2.45, 2.75) is 0 Å². The van der Waals surface area contributed by atoms with E-state index in [4.69, 9.17) is 13.9 Å². The standard InChI is InChI=1S/C24H12BrFO5/c25-15-4-7-19-14(10-15)11-22(30-19)24(28)29-17-5-6-18-20(12-17)31-21(23(18)27)9-13-2-1-3-16(26)8-13/h1-12H/b21-9-. The molecule has 1 aliphatic rings. The molecule has 5 rings (SSSR count). The van der Waals surface area contributed by atoms with E-state index in [9.17, 15) is 14.0 Å². The molecule has 0 saturated heterocycles. The highest BCUT2D eigenvalue weighted by molar-refractivity contribution is 9.10. The number of Topliss-reactive ketones (excluding diaryl/α,β-unsaturated/α-hetero) is 1. The van der Waals surface area contributed by atoms with Gasteiger partial charge in [-0.3, -0.25) is 4.79 Å². The van der Waals surface area contributed by atoms with Crippen LogP contribution in [0.3, 0.4) is 0 Å². The van der Waals surface area contributed by atoms with Crippen LogP contribution in [0.15, 0.2) is 81.4 Å². The predicted octanol–water partition coefficient (Wildman–Crippen LogP) is 6.17. The van der Waals surface area contributed by atoms with Crippen molar-refractivity contribution in [2.24, 2.45) is 0 Å². The number of ketones is 1. The molecule has 1 aromatic heterocycles. The maximum absolute atomic E-state index is 13.4. The van der Waals surface area contributed by atoms with E-state index >= 15 is 0 Å². The van der Waals surface area contributed by atoms with Crippen LogP contribution in [0.2, 0.25) is 0 Å². The van der Waals surface area contributed by atoms with Gasteiger partial charge in [0, 0.05) is 15.9 Å². The minimum absolute atomic E-state index is 0.0530. The van der Waals surface area contributed by atoms with E-state index in [-0.39, 0.29) is 28.8 Å². The fourth-order valence-electron chi connectivity index (χ4n) is 3.25. The van der Waals surface area contributed by atoms with Crippen molar-refractivity contribution >= 4 is 44.7 Å². The van der Waals surface area contributed by atoms with Gasteiger partial charge in [-0.15, -0.1) is 0 Å². The Morgan fingerprint density at radius 3 is 2.74 bits per heavy atom. The second-order valence-corrected chi connectivity index (χ2v) is 7.75. The molecule has 0 amide bonds. The first kappa shape index (κ1) is 19.3. The van der Waals surface area contributed by atoms with E-state index in [2.05, 4.69) is 15.9 Å². The van der Waals surface area contributed by atoms with Crippen LogP contribution in [0.5, 0.6) is 11.5 Å². The van der Waals surface area contributed by atoms with E-state index in [0.29, 0.717) is 16.7 Å². The number of carbonyl (C=O) groups excluding carboxylic acids is 2. The molecule has 0 saturated carbocycles. The molecule has 4 aromatic rings. The van der Waals surface area contributed by atoms with Crippen molar-refractivity contribution in [2.75, 3.05) is 0 Å². The molecule has 1 aliphatic heterocycles. The number of carbonyl (C=O) groups is 2. The number of furan rings is 1. The molecule has 2 heterocycles. The molecule has 0 spiro atoms. The fourth-order valence-corrected chi connectivity index (χ4v) is 3.63. The van der Waals surface area contributed by atoms with Crippen molar-refractivity contribution in [3.8, 4) is 11.5 Å². The van der Waals surface area contributed by atoms with E-state index in [1.54, 1.807) is 24.3 Å². The Morgan fingerprint density at radius 1 is 1.03 bits per heavy atom. The van der Waals surface area contributed by atoms with Gasteiger partial charge in [0.15, 0.2) is 5.76 Å². The van der Waals surface area contributed by atoms with Gasteiger partial charge in [-0.05, 0) is 60.2 Å². The van der Waals surface area contributed by atoms with E-state index in [0.717, 1.165) is 9.86 Å². The topological polar surface area (TPSA) is 65.7 Å². The van der Waals surface area contributed by atoms with Crippen LogP contribution in [-0.4, -0.2) is 11.8 Å². The molecule has 0 bridgehead atoms. The molecular formula is C24H12BrFO5. The summed E-state index contributed by atoms with van der Waals surface area (Å²) in [6, 6.07) is 17.3. The number of benzene rings is 3. The number of rotatable bonds is 3. The highest BCUT2D eigenvalue weighted by Crippen LogP contribution is 2.35. The highest BCUT2D eigenvalue weighted by atomic mass is 79.9. The molecule has 0 atom stereocenters. The number of hydrogen-bond donors (Lipinski definition) is 0. The Balaban J connectivity index is 1.37. The van der Waals surface area contributed by atoms with Gasteiger partial charge in [0.05, 0.1) is 5.56 Å². The molecule has 0 aliphatic carbocycles. The number of fused-ring (bicyclic) bond motifs is 2. The summed E-state index contributed by atoms with van der Waals surface area (Å²) >= 11 is 3.37. The van der Waals surface area contributed by atoms with Crippen LogP contribution in [-0.2, 0) is 0 Å². The van der Waals surface area contributed by atoms with Crippen molar-refractivity contribution in [3.05, 3.63) is 99.7 Å². The van der Waals surface area contributed by atoms with E-state index in [1.807, 2.05) is 12.1 Å². The van der Waals surface area contributed by atoms with E-state index in [1.165, 1.54) is 36.4 Å². The third-order valence-electron chi connectivity index (χ3n) is 4.68. The zero-order chi connectivity index (χ0) is 21.5. The minimum atomic E-state index is -0.674. The Kier molecular flexibility index (Phi) is 4.67. The predicted molar refractivity (Wildman–Crippen MR) is 115 cm³/mol. The monoisotopic (exact) mass is 478 g/mol. The second-order valence-electron chi connectivity index (χ2n) is 6.84. The van der Waals surface area contributed by atoms with Crippen LogP contribution < -0.4 is 9.47 Å². The van der Waals surface area contributed by atoms with Gasteiger partial charge in [-0.1, -0.05) is 28.1 Å². The smallest absolute Gasteiger partial charge is 0.379 e. The summed E-state index contributed by atoms with van der Waals surface area (Å²) in [7, 11) is 0. The lowest BCUT2D eigenvalue weighted by Gasteiger charge is -2.04. The van der Waals surface area contributed by atoms with Crippen LogP contribution in [0.4, 0.5) is 4.39 Å². The summed E-state index contributed by atoms with van der Waals surface area (Å²) in [4.78, 5) is 25.0. The third kappa shape index (κ3) is 3.75. The molecule has 0 radical (unpaired) electrons. The van der Waals surface area contributed by atoms with Gasteiger partial charge in [-0.2, -0.15) is 0 Å². The summed E-state index contributed by atoms with van der Waals surface area (Å²) in [5.74, 6) is -0.850. The number of ether oxygens (including phenoxy) is 2. The third-order valence-corrected chi connectivity index (χ3v) is 5.17. The van der Waals surface area contributed by atoms with Crippen LogP contribution in [0.25, 0.3) is 17.0 Å². The Morgan fingerprint density at radius 2 is 1.90 bits per heavy atom. The SMILES string of the molecule is O=C(Oc1ccc2c(c1)O/C(=C\c1cccc(F)c1)C2=O)c1cc2cc(Br)ccc2o1. The summed E-state index contributed by atoms with van der Waals surface area (Å²) in [6.45, 7) is 0. The first-order chi connectivity index (χ1) is 15.0. The number of halogens is 2.